The highest BCUT2D eigenvalue weighted by atomic mass is 35.5. The van der Waals surface area contributed by atoms with Crippen molar-refractivity contribution < 1.29 is 14.3 Å². The molecule has 116 valence electrons. The van der Waals surface area contributed by atoms with Crippen molar-refractivity contribution >= 4 is 45.9 Å². The molecule has 3 rings (SSSR count). The molecule has 0 bridgehead atoms. The standard InChI is InChI=1S/C14H14ClN3O3S/c15-13-10(18-7-8-22-14(18)16-13)3-4-12(20)21-9-11(19)17-5-1-2-6-17/h3-4,7-8H,1-2,5-6,9H2. The number of halogens is 1. The second kappa shape index (κ2) is 6.50. The van der Waals surface area contributed by atoms with Gasteiger partial charge in [-0.3, -0.25) is 9.20 Å². The molecule has 1 amide bonds. The fourth-order valence-electron chi connectivity index (χ4n) is 2.31. The Morgan fingerprint density at radius 1 is 1.41 bits per heavy atom. The molecule has 0 saturated carbocycles. The number of rotatable bonds is 4. The van der Waals surface area contributed by atoms with Crippen LogP contribution >= 0.6 is 22.9 Å². The van der Waals surface area contributed by atoms with Gasteiger partial charge in [-0.2, -0.15) is 0 Å². The van der Waals surface area contributed by atoms with E-state index < -0.39 is 5.97 Å². The van der Waals surface area contributed by atoms with Gasteiger partial charge in [-0.1, -0.05) is 11.6 Å². The number of imidazole rings is 1. The lowest BCUT2D eigenvalue weighted by molar-refractivity contribution is -0.147. The molecule has 0 spiro atoms. The van der Waals surface area contributed by atoms with Gasteiger partial charge < -0.3 is 9.64 Å². The van der Waals surface area contributed by atoms with Crippen LogP contribution in [0.4, 0.5) is 0 Å². The fraction of sp³-hybridized carbons (Fsp3) is 0.357. The third-order valence-electron chi connectivity index (χ3n) is 3.43. The first-order valence-electron chi connectivity index (χ1n) is 6.89. The van der Waals surface area contributed by atoms with Crippen LogP contribution in [0.1, 0.15) is 18.5 Å². The Bertz CT molecular complexity index is 731. The van der Waals surface area contributed by atoms with Gasteiger partial charge in [0.2, 0.25) is 0 Å². The molecule has 1 aliphatic rings. The molecule has 2 aromatic heterocycles. The minimum Gasteiger partial charge on any atom is -0.452 e. The first-order valence-corrected chi connectivity index (χ1v) is 8.14. The Hall–Kier alpha value is -1.86. The summed E-state index contributed by atoms with van der Waals surface area (Å²) in [5.41, 5.74) is 0.612. The first-order chi connectivity index (χ1) is 10.6. The molecule has 1 aliphatic heterocycles. The van der Waals surface area contributed by atoms with Crippen LogP contribution in [0.25, 0.3) is 11.0 Å². The van der Waals surface area contributed by atoms with Crippen molar-refractivity contribution in [3.63, 3.8) is 0 Å². The number of amides is 1. The van der Waals surface area contributed by atoms with Gasteiger partial charge in [0.25, 0.3) is 5.91 Å². The Morgan fingerprint density at radius 3 is 2.95 bits per heavy atom. The van der Waals surface area contributed by atoms with Crippen molar-refractivity contribution in [2.75, 3.05) is 19.7 Å². The van der Waals surface area contributed by atoms with Crippen molar-refractivity contribution in [3.8, 4) is 0 Å². The zero-order chi connectivity index (χ0) is 15.5. The Kier molecular flexibility index (Phi) is 4.44. The van der Waals surface area contributed by atoms with E-state index in [0.717, 1.165) is 30.9 Å². The zero-order valence-corrected chi connectivity index (χ0v) is 13.3. The summed E-state index contributed by atoms with van der Waals surface area (Å²) in [5, 5.41) is 2.20. The summed E-state index contributed by atoms with van der Waals surface area (Å²) in [5.74, 6) is -0.726. The van der Waals surface area contributed by atoms with Crippen molar-refractivity contribution in [2.45, 2.75) is 12.8 Å². The van der Waals surface area contributed by atoms with E-state index in [9.17, 15) is 9.59 Å². The van der Waals surface area contributed by atoms with Crippen molar-refractivity contribution in [2.24, 2.45) is 0 Å². The highest BCUT2D eigenvalue weighted by molar-refractivity contribution is 7.15. The van der Waals surface area contributed by atoms with Gasteiger partial charge in [0.1, 0.15) is 0 Å². The topological polar surface area (TPSA) is 63.9 Å². The Balaban J connectivity index is 1.58. The van der Waals surface area contributed by atoms with Gasteiger partial charge in [0.15, 0.2) is 16.7 Å². The average Bonchev–Trinajstić information content (AvgIpc) is 3.20. The maximum Gasteiger partial charge on any atom is 0.331 e. The minimum atomic E-state index is -0.575. The van der Waals surface area contributed by atoms with E-state index in [0.29, 0.717) is 10.8 Å². The molecule has 2 aromatic rings. The van der Waals surface area contributed by atoms with E-state index in [1.165, 1.54) is 23.5 Å². The number of hydrogen-bond acceptors (Lipinski definition) is 5. The Morgan fingerprint density at radius 2 is 2.18 bits per heavy atom. The lowest BCUT2D eigenvalue weighted by atomic mass is 10.4. The summed E-state index contributed by atoms with van der Waals surface area (Å²) in [6, 6.07) is 0. The molecule has 0 aliphatic carbocycles. The molecule has 1 saturated heterocycles. The third-order valence-corrected chi connectivity index (χ3v) is 4.46. The number of thiazole rings is 1. The normalized spacial score (nSPS) is 15.0. The van der Waals surface area contributed by atoms with E-state index in [1.807, 2.05) is 11.6 Å². The van der Waals surface area contributed by atoms with Crippen LogP contribution in [0.3, 0.4) is 0 Å². The van der Waals surface area contributed by atoms with Gasteiger partial charge in [0, 0.05) is 30.7 Å². The first kappa shape index (κ1) is 15.1. The maximum absolute atomic E-state index is 11.8. The number of carbonyl (C=O) groups excluding carboxylic acids is 2. The summed E-state index contributed by atoms with van der Waals surface area (Å²) in [6.07, 6.45) is 6.63. The second-order valence-electron chi connectivity index (χ2n) is 4.87. The van der Waals surface area contributed by atoms with Gasteiger partial charge in [-0.25, -0.2) is 9.78 Å². The third kappa shape index (κ3) is 3.15. The van der Waals surface area contributed by atoms with E-state index in [1.54, 1.807) is 9.30 Å². The molecule has 6 nitrogen and oxygen atoms in total. The van der Waals surface area contributed by atoms with Crippen LogP contribution in [0.15, 0.2) is 17.7 Å². The highest BCUT2D eigenvalue weighted by Crippen LogP contribution is 2.22. The zero-order valence-electron chi connectivity index (χ0n) is 11.7. The number of likely N-dealkylation sites (tertiary alicyclic amines) is 1. The molecule has 0 aromatic carbocycles. The summed E-state index contributed by atoms with van der Waals surface area (Å²) < 4.78 is 6.74. The van der Waals surface area contributed by atoms with E-state index in [2.05, 4.69) is 4.98 Å². The average molecular weight is 340 g/mol. The SMILES string of the molecule is O=C(C=Cc1c(Cl)nc2sccn12)OCC(=O)N1CCCC1. The lowest BCUT2D eigenvalue weighted by Gasteiger charge is -2.14. The molecule has 3 heterocycles. The highest BCUT2D eigenvalue weighted by Gasteiger charge is 2.18. The summed E-state index contributed by atoms with van der Waals surface area (Å²) in [6.45, 7) is 1.26. The second-order valence-corrected chi connectivity index (χ2v) is 6.10. The van der Waals surface area contributed by atoms with Gasteiger partial charge in [-0.05, 0) is 18.9 Å². The van der Waals surface area contributed by atoms with Crippen molar-refractivity contribution in [1.29, 1.82) is 0 Å². The number of aromatic nitrogens is 2. The van der Waals surface area contributed by atoms with Gasteiger partial charge in [-0.15, -0.1) is 11.3 Å². The van der Waals surface area contributed by atoms with Gasteiger partial charge >= 0.3 is 5.97 Å². The molecule has 0 N–H and O–H groups in total. The van der Waals surface area contributed by atoms with Crippen LogP contribution in [0.5, 0.6) is 0 Å². The Labute approximate surface area is 135 Å². The van der Waals surface area contributed by atoms with E-state index >= 15 is 0 Å². The lowest BCUT2D eigenvalue weighted by Crippen LogP contribution is -2.31. The smallest absolute Gasteiger partial charge is 0.331 e. The molecule has 0 unspecified atom stereocenters. The van der Waals surface area contributed by atoms with Gasteiger partial charge in [0.05, 0.1) is 5.69 Å². The summed E-state index contributed by atoms with van der Waals surface area (Å²) in [4.78, 5) is 30.1. The van der Waals surface area contributed by atoms with Crippen LogP contribution in [-0.2, 0) is 14.3 Å². The van der Waals surface area contributed by atoms with Crippen LogP contribution in [0, 0.1) is 0 Å². The number of hydrogen-bond donors (Lipinski definition) is 0. The van der Waals surface area contributed by atoms with Crippen LogP contribution < -0.4 is 0 Å². The predicted octanol–water partition coefficient (Wildman–Crippen LogP) is 2.23. The number of carbonyl (C=O) groups is 2. The fourth-order valence-corrected chi connectivity index (χ4v) is 3.32. The molecule has 8 heteroatoms. The van der Waals surface area contributed by atoms with E-state index in [-0.39, 0.29) is 12.5 Å². The molecule has 22 heavy (non-hydrogen) atoms. The number of fused-ring (bicyclic) bond motifs is 1. The maximum atomic E-state index is 11.8. The van der Waals surface area contributed by atoms with Crippen molar-refractivity contribution in [3.05, 3.63) is 28.5 Å². The van der Waals surface area contributed by atoms with E-state index in [4.69, 9.17) is 16.3 Å². The minimum absolute atomic E-state index is 0.151. The van der Waals surface area contributed by atoms with Crippen LogP contribution in [0.2, 0.25) is 5.15 Å². The quantitative estimate of drug-likeness (QED) is 0.633. The van der Waals surface area contributed by atoms with Crippen LogP contribution in [-0.4, -0.2) is 45.9 Å². The monoisotopic (exact) mass is 339 g/mol. The molecule has 0 radical (unpaired) electrons. The largest absolute Gasteiger partial charge is 0.452 e. The summed E-state index contributed by atoms with van der Waals surface area (Å²) in [7, 11) is 0. The molecular weight excluding hydrogens is 326 g/mol. The number of nitrogens with zero attached hydrogens (tertiary/aromatic N) is 3. The molecule has 1 fully saturated rings. The molecular formula is C14H14ClN3O3S. The molecule has 0 atom stereocenters. The summed E-state index contributed by atoms with van der Waals surface area (Å²) >= 11 is 7.47. The van der Waals surface area contributed by atoms with Crippen molar-refractivity contribution in [1.82, 2.24) is 14.3 Å². The number of ether oxygens (including phenoxy) is 1. The predicted molar refractivity (Wildman–Crippen MR) is 83.9 cm³/mol. The number of esters is 1.